The molecule has 0 unspecified atom stereocenters. The van der Waals surface area contributed by atoms with Crippen LogP contribution >= 0.6 is 24.0 Å². The molecule has 7 nitrogen and oxygen atoms in total. The van der Waals surface area contributed by atoms with Gasteiger partial charge in [-0.3, -0.25) is 9.79 Å². The molecule has 3 aromatic rings. The minimum atomic E-state index is -0.0864. The van der Waals surface area contributed by atoms with E-state index in [9.17, 15) is 4.79 Å². The largest absolute Gasteiger partial charge is 0.356 e. The summed E-state index contributed by atoms with van der Waals surface area (Å²) < 4.78 is 2.25. The first-order valence-electron chi connectivity index (χ1n) is 9.79. The van der Waals surface area contributed by atoms with Crippen LogP contribution in [0, 0.1) is 6.92 Å². The average Bonchev–Trinajstić information content (AvgIpc) is 3.07. The van der Waals surface area contributed by atoms with Crippen molar-refractivity contribution in [1.29, 1.82) is 0 Å². The van der Waals surface area contributed by atoms with Gasteiger partial charge in [0.2, 0.25) is 0 Å². The molecule has 0 spiro atoms. The number of aromatic nitrogens is 2. The molecule has 0 radical (unpaired) electrons. The highest BCUT2D eigenvalue weighted by Gasteiger charge is 2.07. The fourth-order valence-electron chi connectivity index (χ4n) is 3.30. The normalized spacial score (nSPS) is 11.1. The first kappa shape index (κ1) is 23.7. The van der Waals surface area contributed by atoms with Crippen molar-refractivity contribution in [2.75, 3.05) is 20.6 Å². The minimum absolute atomic E-state index is 0. The molecule has 2 aromatic carbocycles. The van der Waals surface area contributed by atoms with E-state index in [1.54, 1.807) is 20.2 Å². The first-order valence-corrected chi connectivity index (χ1v) is 9.79. The van der Waals surface area contributed by atoms with Crippen LogP contribution < -0.4 is 16.0 Å². The summed E-state index contributed by atoms with van der Waals surface area (Å²) in [6.45, 7) is 4.32. The molecule has 0 aliphatic heterocycles. The topological polar surface area (TPSA) is 83.3 Å². The highest BCUT2D eigenvalue weighted by atomic mass is 127. The van der Waals surface area contributed by atoms with Gasteiger partial charge >= 0.3 is 0 Å². The number of hydrogen-bond donors (Lipinski definition) is 3. The Morgan fingerprint density at radius 1 is 1.13 bits per heavy atom. The second kappa shape index (κ2) is 11.5. The maximum atomic E-state index is 11.8. The van der Waals surface area contributed by atoms with E-state index in [0.29, 0.717) is 12.1 Å². The van der Waals surface area contributed by atoms with E-state index in [-0.39, 0.29) is 29.9 Å². The van der Waals surface area contributed by atoms with Crippen LogP contribution in [0.5, 0.6) is 0 Å². The molecule has 30 heavy (non-hydrogen) atoms. The molecule has 0 atom stereocenters. The second-order valence-electron chi connectivity index (χ2n) is 6.78. The summed E-state index contributed by atoms with van der Waals surface area (Å²) in [4.78, 5) is 20.6. The van der Waals surface area contributed by atoms with Crippen molar-refractivity contribution in [2.24, 2.45) is 4.99 Å². The zero-order chi connectivity index (χ0) is 20.6. The van der Waals surface area contributed by atoms with Gasteiger partial charge in [0.1, 0.15) is 5.82 Å². The SMILES string of the molecule is CN=C(NCCCn1c(C)nc2ccccc21)NCc1cccc(C(=O)NC)c1.I. The summed E-state index contributed by atoms with van der Waals surface area (Å²) in [6.07, 6.45) is 0.952. The number of carbonyl (C=O) groups is 1. The molecule has 3 rings (SSSR count). The molecular weight excluding hydrogens is 491 g/mol. The van der Waals surface area contributed by atoms with E-state index in [4.69, 9.17) is 0 Å². The lowest BCUT2D eigenvalue weighted by Gasteiger charge is -2.13. The van der Waals surface area contributed by atoms with E-state index in [1.165, 1.54) is 5.52 Å². The van der Waals surface area contributed by atoms with Gasteiger partial charge in [0.15, 0.2) is 5.96 Å². The van der Waals surface area contributed by atoms with Crippen molar-refractivity contribution in [3.63, 3.8) is 0 Å². The Morgan fingerprint density at radius 3 is 2.70 bits per heavy atom. The number of aliphatic imine (C=N–C) groups is 1. The number of amides is 1. The maximum absolute atomic E-state index is 11.8. The lowest BCUT2D eigenvalue weighted by atomic mass is 10.1. The summed E-state index contributed by atoms with van der Waals surface area (Å²) >= 11 is 0. The zero-order valence-electron chi connectivity index (χ0n) is 17.6. The molecule has 0 bridgehead atoms. The molecule has 0 aliphatic carbocycles. The lowest BCUT2D eigenvalue weighted by Crippen LogP contribution is -2.37. The van der Waals surface area contributed by atoms with Gasteiger partial charge in [0.05, 0.1) is 11.0 Å². The smallest absolute Gasteiger partial charge is 0.251 e. The number of imidazole rings is 1. The van der Waals surface area contributed by atoms with Gasteiger partial charge in [0.25, 0.3) is 5.91 Å². The van der Waals surface area contributed by atoms with Crippen LogP contribution in [-0.2, 0) is 13.1 Å². The van der Waals surface area contributed by atoms with Crippen LogP contribution in [0.1, 0.15) is 28.2 Å². The van der Waals surface area contributed by atoms with E-state index < -0.39 is 0 Å². The van der Waals surface area contributed by atoms with Crippen LogP contribution in [0.15, 0.2) is 53.5 Å². The molecule has 0 saturated heterocycles. The minimum Gasteiger partial charge on any atom is -0.356 e. The van der Waals surface area contributed by atoms with Gasteiger partial charge < -0.3 is 20.5 Å². The van der Waals surface area contributed by atoms with Gasteiger partial charge in [-0.05, 0) is 43.2 Å². The van der Waals surface area contributed by atoms with Gasteiger partial charge in [-0.15, -0.1) is 24.0 Å². The van der Waals surface area contributed by atoms with Crippen LogP contribution in [0.25, 0.3) is 11.0 Å². The molecule has 0 fully saturated rings. The Hall–Kier alpha value is -2.62. The van der Waals surface area contributed by atoms with E-state index >= 15 is 0 Å². The van der Waals surface area contributed by atoms with Gasteiger partial charge in [0, 0.05) is 39.3 Å². The number of para-hydroxylation sites is 2. The van der Waals surface area contributed by atoms with Crippen LogP contribution in [0.3, 0.4) is 0 Å². The lowest BCUT2D eigenvalue weighted by molar-refractivity contribution is 0.0963. The second-order valence-corrected chi connectivity index (χ2v) is 6.78. The van der Waals surface area contributed by atoms with E-state index in [2.05, 4.69) is 36.6 Å². The van der Waals surface area contributed by atoms with E-state index in [1.807, 2.05) is 43.3 Å². The Labute approximate surface area is 194 Å². The number of rotatable bonds is 7. The third-order valence-electron chi connectivity index (χ3n) is 4.80. The van der Waals surface area contributed by atoms with Gasteiger partial charge in [-0.25, -0.2) is 4.98 Å². The Balaban J connectivity index is 0.00000320. The Kier molecular flexibility index (Phi) is 9.10. The maximum Gasteiger partial charge on any atom is 0.251 e. The Morgan fingerprint density at radius 2 is 1.93 bits per heavy atom. The number of aryl methyl sites for hydroxylation is 2. The van der Waals surface area contributed by atoms with Crippen LogP contribution in [-0.4, -0.2) is 42.1 Å². The molecule has 1 amide bonds. The number of benzene rings is 2. The number of hydrogen-bond acceptors (Lipinski definition) is 3. The molecular formula is C22H29IN6O. The van der Waals surface area contributed by atoms with Crippen molar-refractivity contribution < 1.29 is 4.79 Å². The summed E-state index contributed by atoms with van der Waals surface area (Å²) in [5, 5.41) is 9.28. The molecule has 8 heteroatoms. The van der Waals surface area contributed by atoms with Crippen molar-refractivity contribution in [1.82, 2.24) is 25.5 Å². The first-order chi connectivity index (χ1) is 14.1. The van der Waals surface area contributed by atoms with Crippen molar-refractivity contribution in [3.8, 4) is 0 Å². The fraction of sp³-hybridized carbons (Fsp3) is 0.318. The fourth-order valence-corrected chi connectivity index (χ4v) is 3.30. The number of nitrogens with one attached hydrogen (secondary N) is 3. The third kappa shape index (κ3) is 5.94. The summed E-state index contributed by atoms with van der Waals surface area (Å²) in [5.41, 5.74) is 3.88. The molecule has 1 heterocycles. The molecule has 1 aromatic heterocycles. The molecule has 0 aliphatic rings. The van der Waals surface area contributed by atoms with Crippen LogP contribution in [0.2, 0.25) is 0 Å². The quantitative estimate of drug-likeness (QED) is 0.194. The van der Waals surface area contributed by atoms with Gasteiger partial charge in [-0.2, -0.15) is 0 Å². The molecule has 160 valence electrons. The zero-order valence-corrected chi connectivity index (χ0v) is 19.9. The predicted octanol–water partition coefficient (Wildman–Crippen LogP) is 3.08. The van der Waals surface area contributed by atoms with E-state index in [0.717, 1.165) is 42.4 Å². The van der Waals surface area contributed by atoms with Crippen LogP contribution in [0.4, 0.5) is 0 Å². The highest BCUT2D eigenvalue weighted by Crippen LogP contribution is 2.15. The standard InChI is InChI=1S/C22H28N6O.HI/c1-16-27-19-10-4-5-11-20(19)28(16)13-7-12-25-22(24-3)26-15-17-8-6-9-18(14-17)21(29)23-2;/h4-6,8-11,14H,7,12-13,15H2,1-3H3,(H,23,29)(H2,24,25,26);1H. The predicted molar refractivity (Wildman–Crippen MR) is 133 cm³/mol. The number of carbonyl (C=O) groups excluding carboxylic acids is 1. The summed E-state index contributed by atoms with van der Waals surface area (Å²) in [5.74, 6) is 1.68. The number of nitrogens with zero attached hydrogens (tertiary/aromatic N) is 3. The monoisotopic (exact) mass is 520 g/mol. The summed E-state index contributed by atoms with van der Waals surface area (Å²) in [6, 6.07) is 15.8. The number of guanidine groups is 1. The molecule has 0 saturated carbocycles. The number of fused-ring (bicyclic) bond motifs is 1. The van der Waals surface area contributed by atoms with Crippen molar-refractivity contribution >= 4 is 46.9 Å². The van der Waals surface area contributed by atoms with Gasteiger partial charge in [-0.1, -0.05) is 24.3 Å². The van der Waals surface area contributed by atoms with Crippen molar-refractivity contribution in [2.45, 2.75) is 26.4 Å². The average molecular weight is 520 g/mol. The number of halogens is 1. The highest BCUT2D eigenvalue weighted by molar-refractivity contribution is 14.0. The van der Waals surface area contributed by atoms with Crippen molar-refractivity contribution in [3.05, 3.63) is 65.5 Å². The molecule has 3 N–H and O–H groups in total. The Bertz CT molecular complexity index is 1010. The third-order valence-corrected chi connectivity index (χ3v) is 4.80. The summed E-state index contributed by atoms with van der Waals surface area (Å²) in [7, 11) is 3.39.